The number of methoxy groups -OCH3 is 1. The number of ether oxygens (including phenoxy) is 1. The molecule has 2 aliphatic rings. The summed E-state index contributed by atoms with van der Waals surface area (Å²) in [6, 6.07) is 20.2. The second kappa shape index (κ2) is 15.5. The summed E-state index contributed by atoms with van der Waals surface area (Å²) in [5.74, 6) is -0.745. The van der Waals surface area contributed by atoms with Gasteiger partial charge in [-0.1, -0.05) is 66.2 Å². The molecule has 2 aliphatic heterocycles. The smallest absolute Gasteiger partial charge is 0.409 e. The summed E-state index contributed by atoms with van der Waals surface area (Å²) in [5, 5.41) is 6.96. The summed E-state index contributed by atoms with van der Waals surface area (Å²) in [6.07, 6.45) is 0.378. The molecule has 1 fully saturated rings. The Labute approximate surface area is 274 Å². The van der Waals surface area contributed by atoms with E-state index in [9.17, 15) is 14.4 Å². The average Bonchev–Trinajstić information content (AvgIpc) is 3.09. The van der Waals surface area contributed by atoms with Gasteiger partial charge in [0, 0.05) is 62.8 Å². The lowest BCUT2D eigenvalue weighted by Gasteiger charge is -2.41. The molecule has 0 spiro atoms. The normalized spacial score (nSPS) is 17.8. The fraction of sp³-hybridized carbons (Fsp3) is 0.400. The zero-order chi connectivity index (χ0) is 32.6. The lowest BCUT2D eigenvalue weighted by atomic mass is 9.95. The number of rotatable bonds is 10. The maximum Gasteiger partial charge on any atom is 0.409 e. The van der Waals surface area contributed by atoms with Gasteiger partial charge in [-0.3, -0.25) is 14.5 Å². The van der Waals surface area contributed by atoms with E-state index in [-0.39, 0.29) is 24.2 Å². The highest BCUT2D eigenvalue weighted by molar-refractivity contribution is 6.30. The first-order chi connectivity index (χ1) is 22.3. The molecule has 3 amide bonds. The van der Waals surface area contributed by atoms with Gasteiger partial charge < -0.3 is 25.2 Å². The minimum Gasteiger partial charge on any atom is -0.453 e. The number of hydrogen-bond donors (Lipinski definition) is 2. The van der Waals surface area contributed by atoms with Crippen molar-refractivity contribution in [1.29, 1.82) is 0 Å². The molecule has 46 heavy (non-hydrogen) atoms. The first kappa shape index (κ1) is 33.4. The monoisotopic (exact) mass is 649 g/mol. The quantitative estimate of drug-likeness (QED) is 0.342. The summed E-state index contributed by atoms with van der Waals surface area (Å²) in [7, 11) is 1.33. The van der Waals surface area contributed by atoms with Crippen molar-refractivity contribution in [3.63, 3.8) is 0 Å². The summed E-state index contributed by atoms with van der Waals surface area (Å²) in [5.41, 5.74) is 3.65. The topological polar surface area (TPSA) is 94.2 Å². The van der Waals surface area contributed by atoms with Crippen molar-refractivity contribution in [3.05, 3.63) is 106 Å². The van der Waals surface area contributed by atoms with Gasteiger partial charge in [0.15, 0.2) is 0 Å². The van der Waals surface area contributed by atoms with Crippen LogP contribution in [0.5, 0.6) is 0 Å². The molecule has 1 unspecified atom stereocenters. The third-order valence-corrected chi connectivity index (χ3v) is 9.16. The average molecular weight is 650 g/mol. The molecule has 0 aliphatic carbocycles. The molecule has 9 nitrogen and oxygen atoms in total. The minimum atomic E-state index is -0.781. The van der Waals surface area contributed by atoms with E-state index in [1.807, 2.05) is 37.3 Å². The number of halogens is 2. The molecule has 2 N–H and O–H groups in total. The molecule has 244 valence electrons. The Hall–Kier alpha value is -3.99. The summed E-state index contributed by atoms with van der Waals surface area (Å²) < 4.78 is 20.0. The van der Waals surface area contributed by atoms with Gasteiger partial charge in [0.05, 0.1) is 19.2 Å². The molecule has 3 aromatic carbocycles. The number of amides is 3. The molecule has 5 rings (SSSR count). The number of likely N-dealkylation sites (N-methyl/N-ethyl adjacent to an activating group) is 1. The Kier molecular flexibility index (Phi) is 11.3. The Balaban J connectivity index is 1.30. The molecule has 2 heterocycles. The summed E-state index contributed by atoms with van der Waals surface area (Å²) in [6.45, 7) is 4.78. The maximum atomic E-state index is 15.1. The van der Waals surface area contributed by atoms with E-state index in [1.165, 1.54) is 18.7 Å². The Bertz CT molecular complexity index is 1510. The van der Waals surface area contributed by atoms with E-state index in [1.54, 1.807) is 40.1 Å². The van der Waals surface area contributed by atoms with Crippen LogP contribution in [0.15, 0.2) is 72.8 Å². The number of hydrogen-bond acceptors (Lipinski definition) is 6. The fourth-order valence-electron chi connectivity index (χ4n) is 6.27. The fourth-order valence-corrected chi connectivity index (χ4v) is 6.40. The van der Waals surface area contributed by atoms with Gasteiger partial charge in [0.1, 0.15) is 11.9 Å². The van der Waals surface area contributed by atoms with Gasteiger partial charge in [-0.05, 0) is 48.2 Å². The van der Waals surface area contributed by atoms with Crippen LogP contribution < -0.4 is 10.6 Å². The van der Waals surface area contributed by atoms with Gasteiger partial charge in [0.25, 0.3) is 0 Å². The van der Waals surface area contributed by atoms with E-state index >= 15 is 4.39 Å². The van der Waals surface area contributed by atoms with Crippen molar-refractivity contribution in [2.24, 2.45) is 0 Å². The third kappa shape index (κ3) is 8.04. The Morgan fingerprint density at radius 3 is 2.35 bits per heavy atom. The number of piperazine rings is 1. The second-order valence-corrected chi connectivity index (χ2v) is 12.1. The number of nitrogens with one attached hydrogen (secondary N) is 2. The summed E-state index contributed by atoms with van der Waals surface area (Å²) >= 11 is 6.11. The molecule has 1 saturated heterocycles. The van der Waals surface area contributed by atoms with Gasteiger partial charge in [-0.2, -0.15) is 0 Å². The van der Waals surface area contributed by atoms with Gasteiger partial charge in [0.2, 0.25) is 11.8 Å². The van der Waals surface area contributed by atoms with E-state index in [0.29, 0.717) is 62.7 Å². The van der Waals surface area contributed by atoms with E-state index in [2.05, 4.69) is 21.6 Å². The highest BCUT2D eigenvalue weighted by Crippen LogP contribution is 2.27. The third-order valence-electron chi connectivity index (χ3n) is 8.90. The SMILES string of the molecule is CCN(CC(c1ccccc1F)N1CCN(C(=O)[C@@H](Cc2ccc(Cl)cc2)NC(=O)[C@H]2Cc3ccccc3CN2)CC1)C(=O)OC. The second-order valence-electron chi connectivity index (χ2n) is 11.7. The molecule has 0 saturated carbocycles. The van der Waals surface area contributed by atoms with Crippen LogP contribution in [0.1, 0.15) is 35.2 Å². The van der Waals surface area contributed by atoms with Crippen LogP contribution in [-0.2, 0) is 33.7 Å². The van der Waals surface area contributed by atoms with Crippen LogP contribution in [0.3, 0.4) is 0 Å². The molecular formula is C35H41ClFN5O4. The largest absolute Gasteiger partial charge is 0.453 e. The molecule has 0 bridgehead atoms. The molecule has 11 heteroatoms. The first-order valence-electron chi connectivity index (χ1n) is 15.7. The van der Waals surface area contributed by atoms with Crippen molar-refractivity contribution < 1.29 is 23.5 Å². The molecule has 3 aromatic rings. The highest BCUT2D eigenvalue weighted by atomic mass is 35.5. The number of fused-ring (bicyclic) bond motifs is 1. The van der Waals surface area contributed by atoms with Gasteiger partial charge >= 0.3 is 6.09 Å². The highest BCUT2D eigenvalue weighted by Gasteiger charge is 2.35. The van der Waals surface area contributed by atoms with E-state index in [4.69, 9.17) is 16.3 Å². The van der Waals surface area contributed by atoms with E-state index in [0.717, 1.165) is 11.1 Å². The maximum absolute atomic E-state index is 15.1. The molecule has 0 radical (unpaired) electrons. The van der Waals surface area contributed by atoms with Gasteiger partial charge in [-0.25, -0.2) is 9.18 Å². The predicted molar refractivity (Wildman–Crippen MR) is 175 cm³/mol. The number of carbonyl (C=O) groups excluding carboxylic acids is 3. The van der Waals surface area contributed by atoms with Gasteiger partial charge in [-0.15, -0.1) is 0 Å². The van der Waals surface area contributed by atoms with Crippen molar-refractivity contribution >= 4 is 29.5 Å². The Morgan fingerprint density at radius 2 is 1.67 bits per heavy atom. The van der Waals surface area contributed by atoms with Crippen LogP contribution in [-0.4, -0.2) is 91.1 Å². The zero-order valence-electron chi connectivity index (χ0n) is 26.3. The molecular weight excluding hydrogens is 609 g/mol. The Morgan fingerprint density at radius 1 is 1.00 bits per heavy atom. The number of carbonyl (C=O) groups is 3. The lowest BCUT2D eigenvalue weighted by Crippen LogP contribution is -2.59. The van der Waals surface area contributed by atoms with Crippen LogP contribution in [0.25, 0.3) is 0 Å². The zero-order valence-corrected chi connectivity index (χ0v) is 27.0. The van der Waals surface area contributed by atoms with Crippen LogP contribution in [0.2, 0.25) is 5.02 Å². The van der Waals surface area contributed by atoms with E-state index < -0.39 is 24.2 Å². The lowest BCUT2D eigenvalue weighted by molar-refractivity contribution is -0.138. The van der Waals surface area contributed by atoms with Crippen LogP contribution in [0, 0.1) is 5.82 Å². The van der Waals surface area contributed by atoms with Crippen molar-refractivity contribution in [3.8, 4) is 0 Å². The van der Waals surface area contributed by atoms with Crippen LogP contribution in [0.4, 0.5) is 9.18 Å². The standard InChI is InChI=1S/C35H41ClFN5O4/c1-3-40(35(45)46-2)23-32(28-10-6-7-11-29(28)37)41-16-18-42(19-17-41)34(44)31(20-24-12-14-27(36)15-13-24)39-33(43)30-21-25-8-4-5-9-26(25)22-38-30/h4-15,30-32,38H,3,16-23H2,1-2H3,(H,39,43)/t30-,31-,32?/m1/s1. The summed E-state index contributed by atoms with van der Waals surface area (Å²) in [4.78, 5) is 45.4. The van der Waals surface area contributed by atoms with Crippen molar-refractivity contribution in [2.75, 3.05) is 46.4 Å². The van der Waals surface area contributed by atoms with Crippen LogP contribution >= 0.6 is 11.6 Å². The minimum absolute atomic E-state index is 0.175. The number of nitrogens with zero attached hydrogens (tertiary/aromatic N) is 3. The van der Waals surface area contributed by atoms with Crippen molar-refractivity contribution in [1.82, 2.24) is 25.3 Å². The van der Waals surface area contributed by atoms with Crippen molar-refractivity contribution in [2.45, 2.75) is 44.4 Å². The number of benzene rings is 3. The first-order valence-corrected chi connectivity index (χ1v) is 16.1. The molecule has 0 aromatic heterocycles. The predicted octanol–water partition coefficient (Wildman–Crippen LogP) is 4.19. The molecule has 3 atom stereocenters.